The second-order valence-electron chi connectivity index (χ2n) is 9.36. The van der Waals surface area contributed by atoms with E-state index < -0.39 is 5.41 Å². The summed E-state index contributed by atoms with van der Waals surface area (Å²) in [7, 11) is 1.89. The topological polar surface area (TPSA) is 64.7 Å². The van der Waals surface area contributed by atoms with Crippen LogP contribution in [0.1, 0.15) is 57.2 Å². The molecule has 32 heavy (non-hydrogen) atoms. The van der Waals surface area contributed by atoms with Gasteiger partial charge in [-0.15, -0.1) is 0 Å². The van der Waals surface area contributed by atoms with Gasteiger partial charge in [-0.3, -0.25) is 14.2 Å². The summed E-state index contributed by atoms with van der Waals surface area (Å²) in [5, 5.41) is 13.2. The maximum Gasteiger partial charge on any atom is 0.230 e. The Labute approximate surface area is 189 Å². The molecule has 1 N–H and O–H groups in total. The van der Waals surface area contributed by atoms with Crippen LogP contribution in [0.2, 0.25) is 0 Å². The minimum atomic E-state index is -0.536. The van der Waals surface area contributed by atoms with Gasteiger partial charge in [0.25, 0.3) is 0 Å². The SMILES string of the molecule is CC(CC(C)(C)C(=O)Nc1ccc2cn(C)nc2c1)c1cnn(C(C)c2ccccc2)c1. The second kappa shape index (κ2) is 8.61. The van der Waals surface area contributed by atoms with E-state index in [-0.39, 0.29) is 17.9 Å². The lowest BCUT2D eigenvalue weighted by Crippen LogP contribution is -2.32. The summed E-state index contributed by atoms with van der Waals surface area (Å²) in [5.74, 6) is 0.204. The van der Waals surface area contributed by atoms with Gasteiger partial charge in [-0.25, -0.2) is 0 Å². The smallest absolute Gasteiger partial charge is 0.230 e. The van der Waals surface area contributed by atoms with E-state index in [1.807, 2.05) is 74.4 Å². The van der Waals surface area contributed by atoms with Crippen LogP contribution in [0.3, 0.4) is 0 Å². The third kappa shape index (κ3) is 4.59. The van der Waals surface area contributed by atoms with Crippen LogP contribution in [-0.2, 0) is 11.8 Å². The van der Waals surface area contributed by atoms with Gasteiger partial charge in [0.2, 0.25) is 5.91 Å². The van der Waals surface area contributed by atoms with Gasteiger partial charge in [-0.1, -0.05) is 51.1 Å². The van der Waals surface area contributed by atoms with Crippen LogP contribution in [0.25, 0.3) is 10.9 Å². The van der Waals surface area contributed by atoms with Crippen molar-refractivity contribution in [3.63, 3.8) is 0 Å². The molecule has 2 atom stereocenters. The first-order valence-electron chi connectivity index (χ1n) is 11.1. The summed E-state index contributed by atoms with van der Waals surface area (Å²) in [5.41, 5.74) is 3.47. The summed E-state index contributed by atoms with van der Waals surface area (Å²) in [6.07, 6.45) is 6.71. The van der Waals surface area contributed by atoms with Crippen molar-refractivity contribution in [2.75, 3.05) is 5.32 Å². The van der Waals surface area contributed by atoms with E-state index in [0.29, 0.717) is 0 Å². The average Bonchev–Trinajstić information content (AvgIpc) is 3.39. The van der Waals surface area contributed by atoms with E-state index in [2.05, 4.69) is 47.7 Å². The van der Waals surface area contributed by atoms with E-state index in [9.17, 15) is 4.79 Å². The number of carbonyl (C=O) groups excluding carboxylic acids is 1. The number of aryl methyl sites for hydroxylation is 1. The fourth-order valence-corrected chi connectivity index (χ4v) is 4.20. The lowest BCUT2D eigenvalue weighted by atomic mass is 9.80. The lowest BCUT2D eigenvalue weighted by Gasteiger charge is -2.26. The van der Waals surface area contributed by atoms with Crippen molar-refractivity contribution in [3.05, 3.63) is 78.2 Å². The predicted molar refractivity (Wildman–Crippen MR) is 129 cm³/mol. The van der Waals surface area contributed by atoms with E-state index >= 15 is 0 Å². The molecule has 6 heteroatoms. The molecule has 0 saturated carbocycles. The van der Waals surface area contributed by atoms with Gasteiger partial charge in [0.05, 0.1) is 17.8 Å². The normalized spacial score (nSPS) is 13.8. The van der Waals surface area contributed by atoms with Gasteiger partial charge < -0.3 is 5.32 Å². The molecule has 2 aromatic carbocycles. The number of carbonyl (C=O) groups is 1. The average molecular weight is 430 g/mol. The minimum Gasteiger partial charge on any atom is -0.326 e. The molecule has 4 rings (SSSR count). The van der Waals surface area contributed by atoms with Gasteiger partial charge in [-0.05, 0) is 48.6 Å². The van der Waals surface area contributed by atoms with Crippen molar-refractivity contribution in [2.24, 2.45) is 12.5 Å². The Bertz CT molecular complexity index is 1220. The molecule has 0 fully saturated rings. The summed E-state index contributed by atoms with van der Waals surface area (Å²) in [6, 6.07) is 16.3. The van der Waals surface area contributed by atoms with E-state index in [1.54, 1.807) is 4.68 Å². The molecule has 0 aliphatic heterocycles. The Morgan fingerprint density at radius 1 is 1.06 bits per heavy atom. The number of aromatic nitrogens is 4. The standard InChI is InChI=1S/C26H31N5O/c1-18(22-15-27-31(17-22)19(2)20-9-7-6-8-10-20)14-26(3,4)25(32)28-23-12-11-21-16-30(5)29-24(21)13-23/h6-13,15-19H,14H2,1-5H3,(H,28,32). The number of amides is 1. The Balaban J connectivity index is 1.42. The van der Waals surface area contributed by atoms with Crippen molar-refractivity contribution >= 4 is 22.5 Å². The molecule has 2 heterocycles. The number of rotatable bonds is 7. The van der Waals surface area contributed by atoms with E-state index in [1.165, 1.54) is 5.56 Å². The summed E-state index contributed by atoms with van der Waals surface area (Å²) < 4.78 is 3.77. The van der Waals surface area contributed by atoms with Crippen molar-refractivity contribution in [1.82, 2.24) is 19.6 Å². The molecular weight excluding hydrogens is 398 g/mol. The number of anilines is 1. The fraction of sp³-hybridized carbons (Fsp3) is 0.346. The Morgan fingerprint density at radius 2 is 1.81 bits per heavy atom. The number of fused-ring (bicyclic) bond motifs is 1. The second-order valence-corrected chi connectivity index (χ2v) is 9.36. The molecule has 0 aliphatic carbocycles. The van der Waals surface area contributed by atoms with Gasteiger partial charge in [-0.2, -0.15) is 10.2 Å². The highest BCUT2D eigenvalue weighted by Gasteiger charge is 2.31. The fourth-order valence-electron chi connectivity index (χ4n) is 4.20. The van der Waals surface area contributed by atoms with Crippen LogP contribution in [-0.4, -0.2) is 25.5 Å². The maximum atomic E-state index is 13.1. The zero-order valence-corrected chi connectivity index (χ0v) is 19.4. The number of hydrogen-bond acceptors (Lipinski definition) is 3. The van der Waals surface area contributed by atoms with Crippen LogP contribution < -0.4 is 5.32 Å². The Hall–Kier alpha value is -3.41. The molecule has 0 radical (unpaired) electrons. The molecule has 1 amide bonds. The largest absolute Gasteiger partial charge is 0.326 e. The van der Waals surface area contributed by atoms with E-state index in [0.717, 1.165) is 28.6 Å². The van der Waals surface area contributed by atoms with E-state index in [4.69, 9.17) is 0 Å². The third-order valence-electron chi connectivity index (χ3n) is 6.18. The highest BCUT2D eigenvalue weighted by atomic mass is 16.2. The molecule has 2 unspecified atom stereocenters. The van der Waals surface area contributed by atoms with Crippen molar-refractivity contribution in [1.29, 1.82) is 0 Å². The maximum absolute atomic E-state index is 13.1. The zero-order chi connectivity index (χ0) is 22.9. The molecule has 6 nitrogen and oxygen atoms in total. The highest BCUT2D eigenvalue weighted by Crippen LogP contribution is 2.33. The number of nitrogens with zero attached hydrogens (tertiary/aromatic N) is 4. The van der Waals surface area contributed by atoms with Crippen LogP contribution >= 0.6 is 0 Å². The molecule has 0 aliphatic rings. The first-order chi connectivity index (χ1) is 15.2. The van der Waals surface area contributed by atoms with Gasteiger partial charge >= 0.3 is 0 Å². The Morgan fingerprint density at radius 3 is 2.56 bits per heavy atom. The van der Waals surface area contributed by atoms with Crippen LogP contribution in [0, 0.1) is 5.41 Å². The highest BCUT2D eigenvalue weighted by molar-refractivity contribution is 5.96. The van der Waals surface area contributed by atoms with Gasteiger partial charge in [0.15, 0.2) is 0 Å². The molecule has 0 bridgehead atoms. The quantitative estimate of drug-likeness (QED) is 0.420. The van der Waals surface area contributed by atoms with Crippen LogP contribution in [0.4, 0.5) is 5.69 Å². The van der Waals surface area contributed by atoms with Crippen molar-refractivity contribution < 1.29 is 4.79 Å². The van der Waals surface area contributed by atoms with Gasteiger partial charge in [0, 0.05) is 35.9 Å². The number of benzene rings is 2. The Kier molecular flexibility index (Phi) is 5.87. The molecule has 0 spiro atoms. The first-order valence-corrected chi connectivity index (χ1v) is 11.1. The summed E-state index contributed by atoms with van der Waals surface area (Å²) in [6.45, 7) is 8.29. The zero-order valence-electron chi connectivity index (χ0n) is 19.4. The molecule has 2 aromatic heterocycles. The molecule has 0 saturated heterocycles. The van der Waals surface area contributed by atoms with Gasteiger partial charge in [0.1, 0.15) is 0 Å². The van der Waals surface area contributed by atoms with Crippen LogP contribution in [0.5, 0.6) is 0 Å². The monoisotopic (exact) mass is 429 g/mol. The van der Waals surface area contributed by atoms with Crippen molar-refractivity contribution in [2.45, 2.75) is 46.1 Å². The first kappa shape index (κ1) is 21.8. The molecule has 4 aromatic rings. The third-order valence-corrected chi connectivity index (χ3v) is 6.18. The minimum absolute atomic E-state index is 0.00433. The van der Waals surface area contributed by atoms with Crippen molar-refractivity contribution in [3.8, 4) is 0 Å². The predicted octanol–water partition coefficient (Wildman–Crippen LogP) is 5.54. The summed E-state index contributed by atoms with van der Waals surface area (Å²) in [4.78, 5) is 13.1. The van der Waals surface area contributed by atoms with Crippen LogP contribution in [0.15, 0.2) is 67.1 Å². The lowest BCUT2D eigenvalue weighted by molar-refractivity contribution is -0.124. The number of hydrogen-bond donors (Lipinski definition) is 1. The number of nitrogens with one attached hydrogen (secondary N) is 1. The molecular formula is C26H31N5O. The molecule has 166 valence electrons. The summed E-state index contributed by atoms with van der Waals surface area (Å²) >= 11 is 0.